The fraction of sp³-hybridized carbons (Fsp3) is 0.250. The minimum absolute atomic E-state index is 0. The quantitative estimate of drug-likeness (QED) is 0.730. The van der Waals surface area contributed by atoms with E-state index in [9.17, 15) is 0 Å². The molecule has 0 atom stereocenters. The van der Waals surface area contributed by atoms with Gasteiger partial charge < -0.3 is 0 Å². The molecule has 0 saturated heterocycles. The van der Waals surface area contributed by atoms with Gasteiger partial charge in [0.1, 0.15) is 0 Å². The van der Waals surface area contributed by atoms with Crippen molar-refractivity contribution in [1.29, 1.82) is 0 Å². The second-order valence-electron chi connectivity index (χ2n) is 2.69. The van der Waals surface area contributed by atoms with Crippen molar-refractivity contribution in [2.45, 2.75) is 10.5 Å². The first-order valence-corrected chi connectivity index (χ1v) is 12.7. The standard InChI is InChI=1S/C7H7.CH3.BrH.ClH.Zn/c1-7-5-3-2-4-6-7;;;;/h2-6H,1H2;1H3;2*1H;/q;;;;+1/p-1. The molecule has 59 valence electrons. The molecule has 0 saturated carbocycles. The Morgan fingerprint density at radius 3 is 2.27 bits per heavy atom. The van der Waals surface area contributed by atoms with Gasteiger partial charge in [0.2, 0.25) is 0 Å². The molecule has 0 heterocycles. The van der Waals surface area contributed by atoms with E-state index in [1.807, 2.05) is 6.07 Å². The summed E-state index contributed by atoms with van der Waals surface area (Å²) in [5.74, 6) is 0. The van der Waals surface area contributed by atoms with Gasteiger partial charge in [-0.05, 0) is 0 Å². The van der Waals surface area contributed by atoms with Gasteiger partial charge in [-0.25, -0.2) is 0 Å². The second kappa shape index (κ2) is 6.17. The van der Waals surface area contributed by atoms with E-state index in [0.29, 0.717) is 0 Å². The van der Waals surface area contributed by atoms with Crippen molar-refractivity contribution in [3.63, 3.8) is 0 Å². The summed E-state index contributed by atoms with van der Waals surface area (Å²) in [6, 6.07) is 10.5. The molecule has 0 unspecified atom stereocenters. The summed E-state index contributed by atoms with van der Waals surface area (Å²) in [6.07, 6.45) is 0. The summed E-state index contributed by atoms with van der Waals surface area (Å²) in [7, 11) is 6.02. The van der Waals surface area contributed by atoms with Crippen LogP contribution in [0.3, 0.4) is 0 Å². The van der Waals surface area contributed by atoms with E-state index in [-0.39, 0.29) is 17.0 Å². The molecule has 11 heavy (non-hydrogen) atoms. The molecular formula is C8H11BrClZn. The summed E-state index contributed by atoms with van der Waals surface area (Å²) in [5, 5.41) is 1.17. The van der Waals surface area contributed by atoms with Gasteiger partial charge >= 0.3 is 71.1 Å². The zero-order valence-corrected chi connectivity index (χ0v) is 12.0. The fourth-order valence-electron chi connectivity index (χ4n) is 1.04. The Bertz CT molecular complexity index is 189. The third-order valence-electron chi connectivity index (χ3n) is 1.48. The maximum atomic E-state index is 6.02. The van der Waals surface area contributed by atoms with Gasteiger partial charge in [-0.1, -0.05) is 0 Å². The Labute approximate surface area is 87.7 Å². The molecule has 0 aromatic heterocycles. The van der Waals surface area contributed by atoms with Gasteiger partial charge in [0, 0.05) is 0 Å². The van der Waals surface area contributed by atoms with Gasteiger partial charge in [-0.2, -0.15) is 0 Å². The molecule has 1 aromatic rings. The molecular weight excluding hydrogens is 277 g/mol. The summed E-state index contributed by atoms with van der Waals surface area (Å²) < 4.78 is 0. The normalized spacial score (nSPS) is 8.55. The van der Waals surface area contributed by atoms with E-state index in [1.54, 1.807) is 0 Å². The molecule has 0 amide bonds. The molecule has 0 N–H and O–H groups in total. The van der Waals surface area contributed by atoms with Crippen molar-refractivity contribution in [3.8, 4) is 0 Å². The Hall–Kier alpha value is 0.613. The Kier molecular flexibility index (Phi) is 6.51. The number of hydrogen-bond donors (Lipinski definition) is 0. The summed E-state index contributed by atoms with van der Waals surface area (Å²) in [6.45, 7) is 0. The Morgan fingerprint density at radius 1 is 1.27 bits per heavy atom. The molecule has 3 heteroatoms. The number of benzene rings is 1. The van der Waals surface area contributed by atoms with Crippen LogP contribution in [0.25, 0.3) is 0 Å². The molecule has 0 bridgehead atoms. The monoisotopic (exact) mass is 285 g/mol. The first-order chi connectivity index (χ1) is 4.79. The van der Waals surface area contributed by atoms with Gasteiger partial charge in [0.15, 0.2) is 0 Å². The van der Waals surface area contributed by atoms with Gasteiger partial charge in [-0.15, -0.1) is 17.0 Å². The molecule has 0 nitrogen and oxygen atoms in total. The Balaban J connectivity index is 0.000001000. The van der Waals surface area contributed by atoms with Gasteiger partial charge in [-0.3, -0.25) is 0 Å². The first kappa shape index (κ1) is 11.6. The van der Waals surface area contributed by atoms with Crippen molar-refractivity contribution in [1.82, 2.24) is 0 Å². The van der Waals surface area contributed by atoms with E-state index in [0.717, 1.165) is 0 Å². The van der Waals surface area contributed by atoms with Gasteiger partial charge in [0.05, 0.1) is 0 Å². The van der Waals surface area contributed by atoms with E-state index >= 15 is 0 Å². The van der Waals surface area contributed by atoms with Crippen LogP contribution >= 0.6 is 26.7 Å². The van der Waals surface area contributed by atoms with Crippen LogP contribution in [0, 0.1) is 0 Å². The molecule has 0 radical (unpaired) electrons. The summed E-state index contributed by atoms with van der Waals surface area (Å²) >= 11 is -1.51. The average Bonchev–Trinajstić information content (AvgIpc) is 1.88. The SMILES string of the molecule is Br.[CH3][Zn]([Cl])[CH2]c1ccccc1. The van der Waals surface area contributed by atoms with Crippen LogP contribution in [0.15, 0.2) is 30.3 Å². The third-order valence-corrected chi connectivity index (χ3v) is 5.11. The molecule has 1 rings (SSSR count). The van der Waals surface area contributed by atoms with Crippen LogP contribution in [0.1, 0.15) is 5.56 Å². The van der Waals surface area contributed by atoms with Crippen molar-refractivity contribution in [3.05, 3.63) is 35.9 Å². The molecule has 0 fully saturated rings. The van der Waals surface area contributed by atoms with Gasteiger partial charge in [0.25, 0.3) is 0 Å². The Morgan fingerprint density at radius 2 is 1.82 bits per heavy atom. The second-order valence-corrected chi connectivity index (χ2v) is 12.5. The van der Waals surface area contributed by atoms with Crippen LogP contribution in [0.4, 0.5) is 0 Å². The van der Waals surface area contributed by atoms with Crippen LogP contribution in [-0.2, 0) is 20.0 Å². The molecule has 0 aliphatic heterocycles. The predicted octanol–water partition coefficient (Wildman–Crippen LogP) is 3.58. The fourth-order valence-corrected chi connectivity index (χ4v) is 4.54. The molecule has 0 aliphatic carbocycles. The summed E-state index contributed by atoms with van der Waals surface area (Å²) in [4.78, 5) is 0. The van der Waals surface area contributed by atoms with E-state index in [2.05, 4.69) is 29.8 Å². The van der Waals surface area contributed by atoms with Crippen LogP contribution < -0.4 is 0 Å². The van der Waals surface area contributed by atoms with Crippen LogP contribution in [0.5, 0.6) is 0 Å². The van der Waals surface area contributed by atoms with E-state index in [1.165, 1.54) is 10.6 Å². The summed E-state index contributed by atoms with van der Waals surface area (Å²) in [5.41, 5.74) is 3.62. The predicted molar refractivity (Wildman–Crippen MR) is 52.2 cm³/mol. The topological polar surface area (TPSA) is 0 Å². The molecule has 0 spiro atoms. The molecule has 0 aliphatic rings. The zero-order chi connectivity index (χ0) is 7.40. The average molecular weight is 288 g/mol. The first-order valence-electron chi connectivity index (χ1n) is 3.74. The maximum absolute atomic E-state index is 6.02. The van der Waals surface area contributed by atoms with Crippen LogP contribution in [-0.4, -0.2) is 0 Å². The van der Waals surface area contributed by atoms with Crippen molar-refractivity contribution in [2.24, 2.45) is 0 Å². The number of halogens is 2. The van der Waals surface area contributed by atoms with Crippen molar-refractivity contribution < 1.29 is 15.0 Å². The van der Waals surface area contributed by atoms with Crippen molar-refractivity contribution >= 4 is 26.7 Å². The van der Waals surface area contributed by atoms with E-state index in [4.69, 9.17) is 9.69 Å². The minimum atomic E-state index is -1.51. The van der Waals surface area contributed by atoms with E-state index < -0.39 is 15.0 Å². The molecule has 1 aromatic carbocycles. The third kappa shape index (κ3) is 4.95. The zero-order valence-electron chi connectivity index (χ0n) is 6.59. The van der Waals surface area contributed by atoms with Crippen LogP contribution in [0.2, 0.25) is 5.52 Å². The number of rotatable bonds is 2. The van der Waals surface area contributed by atoms with Crippen molar-refractivity contribution in [2.75, 3.05) is 0 Å². The number of hydrogen-bond acceptors (Lipinski definition) is 0.